The number of hydrogen-bond acceptors (Lipinski definition) is 3. The van der Waals surface area contributed by atoms with Gasteiger partial charge in [0, 0.05) is 25.7 Å². The van der Waals surface area contributed by atoms with Crippen molar-refractivity contribution >= 4 is 5.69 Å². The van der Waals surface area contributed by atoms with Crippen molar-refractivity contribution in [2.75, 3.05) is 31.1 Å². The van der Waals surface area contributed by atoms with Crippen LogP contribution in [0.5, 0.6) is 5.75 Å². The van der Waals surface area contributed by atoms with E-state index in [0.29, 0.717) is 6.04 Å². The molecule has 2 aliphatic rings. The fourth-order valence-corrected chi connectivity index (χ4v) is 2.88. The first-order valence-corrected chi connectivity index (χ1v) is 7.54. The molecule has 19 heavy (non-hydrogen) atoms. The smallest absolute Gasteiger partial charge is 0.142 e. The van der Waals surface area contributed by atoms with Gasteiger partial charge >= 0.3 is 0 Å². The molecule has 1 saturated heterocycles. The molecular weight excluding hydrogens is 236 g/mol. The second-order valence-electron chi connectivity index (χ2n) is 5.82. The number of nitrogens with one attached hydrogen (secondary N) is 1. The van der Waals surface area contributed by atoms with Crippen LogP contribution in [-0.2, 0) is 0 Å². The van der Waals surface area contributed by atoms with Gasteiger partial charge in [-0.15, -0.1) is 0 Å². The second-order valence-corrected chi connectivity index (χ2v) is 5.82. The van der Waals surface area contributed by atoms with Crippen LogP contribution in [0.3, 0.4) is 0 Å². The van der Waals surface area contributed by atoms with Crippen LogP contribution in [0.1, 0.15) is 26.2 Å². The monoisotopic (exact) mass is 260 g/mol. The van der Waals surface area contributed by atoms with Gasteiger partial charge in [-0.1, -0.05) is 18.6 Å². The number of anilines is 1. The number of ether oxygens (including phenoxy) is 1. The van der Waals surface area contributed by atoms with Crippen molar-refractivity contribution in [3.63, 3.8) is 0 Å². The molecule has 1 aliphatic heterocycles. The third-order valence-corrected chi connectivity index (χ3v) is 4.38. The van der Waals surface area contributed by atoms with Gasteiger partial charge in [-0.05, 0) is 37.8 Å². The van der Waals surface area contributed by atoms with E-state index in [4.69, 9.17) is 4.74 Å². The van der Waals surface area contributed by atoms with Gasteiger partial charge < -0.3 is 15.0 Å². The lowest BCUT2D eigenvalue weighted by Crippen LogP contribution is -2.50. The Bertz CT molecular complexity index is 417. The first kappa shape index (κ1) is 12.8. The van der Waals surface area contributed by atoms with E-state index in [2.05, 4.69) is 41.4 Å². The van der Waals surface area contributed by atoms with Gasteiger partial charge in [0.2, 0.25) is 0 Å². The summed E-state index contributed by atoms with van der Waals surface area (Å²) in [6.45, 7) is 6.33. The average Bonchev–Trinajstić information content (AvgIpc) is 2.38. The van der Waals surface area contributed by atoms with Crippen LogP contribution in [-0.4, -0.2) is 32.3 Å². The molecule has 1 saturated carbocycles. The molecule has 0 spiro atoms. The molecule has 3 nitrogen and oxygen atoms in total. The van der Waals surface area contributed by atoms with Crippen molar-refractivity contribution in [1.29, 1.82) is 0 Å². The summed E-state index contributed by atoms with van der Waals surface area (Å²) in [7, 11) is 0. The Labute approximate surface area is 115 Å². The molecule has 0 aromatic heterocycles. The van der Waals surface area contributed by atoms with Crippen molar-refractivity contribution in [1.82, 2.24) is 5.32 Å². The maximum absolute atomic E-state index is 6.08. The van der Waals surface area contributed by atoms with E-state index in [1.807, 2.05) is 0 Å². The van der Waals surface area contributed by atoms with E-state index in [9.17, 15) is 0 Å². The van der Waals surface area contributed by atoms with E-state index in [1.54, 1.807) is 0 Å². The van der Waals surface area contributed by atoms with Crippen LogP contribution >= 0.6 is 0 Å². The van der Waals surface area contributed by atoms with E-state index < -0.39 is 0 Å². The Morgan fingerprint density at radius 1 is 1.32 bits per heavy atom. The van der Waals surface area contributed by atoms with Crippen LogP contribution in [0.2, 0.25) is 0 Å². The molecule has 1 aliphatic carbocycles. The SMILES string of the molecule is CC1CNCCN1c1ccccc1OCC1CCC1. The Balaban J connectivity index is 1.71. The van der Waals surface area contributed by atoms with Gasteiger partial charge in [0.15, 0.2) is 0 Å². The highest BCUT2D eigenvalue weighted by molar-refractivity contribution is 5.59. The zero-order valence-electron chi connectivity index (χ0n) is 11.8. The molecule has 2 fully saturated rings. The predicted molar refractivity (Wildman–Crippen MR) is 79.0 cm³/mol. The Morgan fingerprint density at radius 3 is 2.89 bits per heavy atom. The predicted octanol–water partition coefficient (Wildman–Crippen LogP) is 2.66. The number of para-hydroxylation sites is 2. The standard InChI is InChI=1S/C16H24N2O/c1-13-11-17-9-10-18(13)15-7-2-3-8-16(15)19-12-14-5-4-6-14/h2-3,7-8,13-14,17H,4-6,9-12H2,1H3. The quantitative estimate of drug-likeness (QED) is 0.901. The maximum Gasteiger partial charge on any atom is 0.142 e. The highest BCUT2D eigenvalue weighted by atomic mass is 16.5. The van der Waals surface area contributed by atoms with Crippen LogP contribution < -0.4 is 15.0 Å². The topological polar surface area (TPSA) is 24.5 Å². The maximum atomic E-state index is 6.08. The Morgan fingerprint density at radius 2 is 2.16 bits per heavy atom. The normalized spacial score (nSPS) is 24.1. The van der Waals surface area contributed by atoms with Crippen molar-refractivity contribution in [2.45, 2.75) is 32.2 Å². The molecule has 1 N–H and O–H groups in total. The first-order chi connectivity index (χ1) is 9.34. The lowest BCUT2D eigenvalue weighted by Gasteiger charge is -2.37. The summed E-state index contributed by atoms with van der Waals surface area (Å²) in [5.74, 6) is 1.84. The van der Waals surface area contributed by atoms with Crippen molar-refractivity contribution in [3.8, 4) is 5.75 Å². The van der Waals surface area contributed by atoms with E-state index in [1.165, 1.54) is 24.9 Å². The number of piperazine rings is 1. The zero-order valence-corrected chi connectivity index (χ0v) is 11.8. The molecule has 1 heterocycles. The van der Waals surface area contributed by atoms with Crippen molar-refractivity contribution in [3.05, 3.63) is 24.3 Å². The summed E-state index contributed by atoms with van der Waals surface area (Å²) in [5, 5.41) is 3.44. The molecule has 1 aromatic carbocycles. The molecule has 0 amide bonds. The summed E-state index contributed by atoms with van der Waals surface area (Å²) in [6.07, 6.45) is 4.06. The highest BCUT2D eigenvalue weighted by Gasteiger charge is 2.22. The van der Waals surface area contributed by atoms with Gasteiger partial charge in [-0.3, -0.25) is 0 Å². The lowest BCUT2D eigenvalue weighted by atomic mass is 9.86. The number of hydrogen-bond donors (Lipinski definition) is 1. The Hall–Kier alpha value is -1.22. The fourth-order valence-electron chi connectivity index (χ4n) is 2.88. The van der Waals surface area contributed by atoms with Crippen LogP contribution in [0.25, 0.3) is 0 Å². The van der Waals surface area contributed by atoms with Gasteiger partial charge in [0.1, 0.15) is 5.75 Å². The molecular formula is C16H24N2O. The fraction of sp³-hybridized carbons (Fsp3) is 0.625. The lowest BCUT2D eigenvalue weighted by molar-refractivity contribution is 0.180. The largest absolute Gasteiger partial charge is 0.491 e. The minimum Gasteiger partial charge on any atom is -0.491 e. The van der Waals surface area contributed by atoms with Gasteiger partial charge in [-0.2, -0.15) is 0 Å². The Kier molecular flexibility index (Phi) is 3.92. The first-order valence-electron chi connectivity index (χ1n) is 7.54. The minimum absolute atomic E-state index is 0.530. The molecule has 1 aromatic rings. The number of nitrogens with zero attached hydrogens (tertiary/aromatic N) is 1. The summed E-state index contributed by atoms with van der Waals surface area (Å²) in [6, 6.07) is 9.02. The molecule has 104 valence electrons. The van der Waals surface area contributed by atoms with Crippen molar-refractivity contribution in [2.24, 2.45) is 5.92 Å². The highest BCUT2D eigenvalue weighted by Crippen LogP contribution is 2.32. The molecule has 1 unspecified atom stereocenters. The molecule has 1 atom stereocenters. The van der Waals surface area contributed by atoms with Crippen molar-refractivity contribution < 1.29 is 4.74 Å². The van der Waals surface area contributed by atoms with Crippen LogP contribution in [0.15, 0.2) is 24.3 Å². The summed E-state index contributed by atoms with van der Waals surface area (Å²) >= 11 is 0. The zero-order chi connectivity index (χ0) is 13.1. The molecule has 0 radical (unpaired) electrons. The average molecular weight is 260 g/mol. The van der Waals surface area contributed by atoms with E-state index in [0.717, 1.165) is 37.9 Å². The third kappa shape index (κ3) is 2.86. The molecule has 0 bridgehead atoms. The van der Waals surface area contributed by atoms with Gasteiger partial charge in [-0.25, -0.2) is 0 Å². The minimum atomic E-state index is 0.530. The van der Waals surface area contributed by atoms with Crippen LogP contribution in [0, 0.1) is 5.92 Å². The molecule has 3 rings (SSSR count). The summed E-state index contributed by atoms with van der Waals surface area (Å²) < 4.78 is 6.08. The van der Waals surface area contributed by atoms with Gasteiger partial charge in [0.25, 0.3) is 0 Å². The van der Waals surface area contributed by atoms with E-state index in [-0.39, 0.29) is 0 Å². The number of benzene rings is 1. The second kappa shape index (κ2) is 5.83. The summed E-state index contributed by atoms with van der Waals surface area (Å²) in [4.78, 5) is 2.46. The van der Waals surface area contributed by atoms with E-state index >= 15 is 0 Å². The number of rotatable bonds is 4. The van der Waals surface area contributed by atoms with Gasteiger partial charge in [0.05, 0.1) is 12.3 Å². The third-order valence-electron chi connectivity index (χ3n) is 4.38. The molecule has 3 heteroatoms. The summed E-state index contributed by atoms with van der Waals surface area (Å²) in [5.41, 5.74) is 1.26. The van der Waals surface area contributed by atoms with Crippen LogP contribution in [0.4, 0.5) is 5.69 Å².